The molecule has 3 aromatic heterocycles. The highest BCUT2D eigenvalue weighted by atomic mass is 16.5. The molecule has 4 rings (SSSR count). The van der Waals surface area contributed by atoms with Crippen molar-refractivity contribution in [2.45, 2.75) is 13.5 Å². The van der Waals surface area contributed by atoms with E-state index in [0.717, 1.165) is 36.0 Å². The van der Waals surface area contributed by atoms with Gasteiger partial charge in [0.25, 0.3) is 0 Å². The Bertz CT molecular complexity index is 861. The van der Waals surface area contributed by atoms with Crippen LogP contribution in [0.1, 0.15) is 11.4 Å². The van der Waals surface area contributed by atoms with Crippen molar-refractivity contribution < 1.29 is 9.47 Å². The van der Waals surface area contributed by atoms with Crippen LogP contribution < -0.4 is 9.64 Å². The van der Waals surface area contributed by atoms with E-state index in [4.69, 9.17) is 14.5 Å². The second kappa shape index (κ2) is 7.49. The molecule has 0 aromatic carbocycles. The molecular formula is C18H20N6O2. The number of morpholine rings is 1. The predicted molar refractivity (Wildman–Crippen MR) is 96.0 cm³/mol. The number of nitrogens with one attached hydrogen (secondary N) is 1. The second-order valence-electron chi connectivity index (χ2n) is 6.02. The molecule has 26 heavy (non-hydrogen) atoms. The third-order valence-corrected chi connectivity index (χ3v) is 4.05. The molecule has 0 bridgehead atoms. The minimum Gasteiger partial charge on any atom is -0.471 e. The molecule has 0 aliphatic carbocycles. The van der Waals surface area contributed by atoms with E-state index in [-0.39, 0.29) is 0 Å². The summed E-state index contributed by atoms with van der Waals surface area (Å²) in [5, 5.41) is 6.92. The van der Waals surface area contributed by atoms with Gasteiger partial charge in [0.15, 0.2) is 5.82 Å². The number of aryl methyl sites for hydroxylation is 1. The molecule has 0 spiro atoms. The molecule has 1 N–H and O–H groups in total. The van der Waals surface area contributed by atoms with E-state index in [9.17, 15) is 0 Å². The molecule has 134 valence electrons. The van der Waals surface area contributed by atoms with Crippen LogP contribution in [0.3, 0.4) is 0 Å². The smallest absolute Gasteiger partial charge is 0.209 e. The van der Waals surface area contributed by atoms with Crippen molar-refractivity contribution in [3.05, 3.63) is 47.9 Å². The van der Waals surface area contributed by atoms with Crippen molar-refractivity contribution >= 4 is 5.82 Å². The van der Waals surface area contributed by atoms with Crippen molar-refractivity contribution in [1.82, 2.24) is 25.1 Å². The first-order valence-corrected chi connectivity index (χ1v) is 8.55. The SMILES string of the molecule is Cc1cc(OCc2cc(N3CCOCC3)nc(-c3ccccn3)n2)[nH]n1. The molecule has 0 radical (unpaired) electrons. The highest BCUT2D eigenvalue weighted by Gasteiger charge is 2.16. The van der Waals surface area contributed by atoms with E-state index in [1.54, 1.807) is 6.20 Å². The van der Waals surface area contributed by atoms with Gasteiger partial charge in [-0.1, -0.05) is 6.07 Å². The summed E-state index contributed by atoms with van der Waals surface area (Å²) < 4.78 is 11.2. The molecular weight excluding hydrogens is 332 g/mol. The van der Waals surface area contributed by atoms with Gasteiger partial charge in [0.1, 0.15) is 18.1 Å². The number of hydrogen-bond acceptors (Lipinski definition) is 7. The van der Waals surface area contributed by atoms with Crippen LogP contribution in [0, 0.1) is 6.92 Å². The summed E-state index contributed by atoms with van der Waals surface area (Å²) in [5.74, 6) is 2.07. The lowest BCUT2D eigenvalue weighted by molar-refractivity contribution is 0.122. The average Bonchev–Trinajstić information content (AvgIpc) is 3.13. The van der Waals surface area contributed by atoms with Gasteiger partial charge in [-0.3, -0.25) is 4.98 Å². The molecule has 0 unspecified atom stereocenters. The van der Waals surface area contributed by atoms with Gasteiger partial charge in [0.2, 0.25) is 5.88 Å². The number of hydrogen-bond donors (Lipinski definition) is 1. The van der Waals surface area contributed by atoms with Crippen molar-refractivity contribution in [1.29, 1.82) is 0 Å². The van der Waals surface area contributed by atoms with Gasteiger partial charge in [-0.05, 0) is 19.1 Å². The van der Waals surface area contributed by atoms with Crippen LogP contribution in [-0.4, -0.2) is 51.5 Å². The Kier molecular flexibility index (Phi) is 4.74. The lowest BCUT2D eigenvalue weighted by Crippen LogP contribution is -2.37. The van der Waals surface area contributed by atoms with E-state index in [1.165, 1.54) is 0 Å². The molecule has 1 fully saturated rings. The largest absolute Gasteiger partial charge is 0.471 e. The zero-order valence-electron chi connectivity index (χ0n) is 14.6. The molecule has 0 saturated carbocycles. The van der Waals surface area contributed by atoms with E-state index < -0.39 is 0 Å². The lowest BCUT2D eigenvalue weighted by Gasteiger charge is -2.28. The fraction of sp³-hybridized carbons (Fsp3) is 0.333. The topological polar surface area (TPSA) is 89.0 Å². The maximum Gasteiger partial charge on any atom is 0.209 e. The summed E-state index contributed by atoms with van der Waals surface area (Å²) in [6.07, 6.45) is 1.74. The van der Waals surface area contributed by atoms with E-state index >= 15 is 0 Å². The molecule has 8 heteroatoms. The third-order valence-electron chi connectivity index (χ3n) is 4.05. The van der Waals surface area contributed by atoms with Crippen LogP contribution >= 0.6 is 0 Å². The van der Waals surface area contributed by atoms with Gasteiger partial charge >= 0.3 is 0 Å². The van der Waals surface area contributed by atoms with Crippen molar-refractivity contribution in [2.24, 2.45) is 0 Å². The molecule has 1 saturated heterocycles. The number of aromatic nitrogens is 5. The zero-order valence-corrected chi connectivity index (χ0v) is 14.6. The highest BCUT2D eigenvalue weighted by molar-refractivity contribution is 5.53. The standard InChI is InChI=1S/C18H20N6O2/c1-13-10-17(23-22-13)26-12-14-11-16(24-6-8-25-9-7-24)21-18(20-14)15-4-2-3-5-19-15/h2-5,10-11H,6-9,12H2,1H3,(H,22,23). The number of rotatable bonds is 5. The fourth-order valence-corrected chi connectivity index (χ4v) is 2.74. The molecule has 1 aliphatic rings. The summed E-state index contributed by atoms with van der Waals surface area (Å²) in [7, 11) is 0. The maximum atomic E-state index is 5.77. The van der Waals surface area contributed by atoms with Crippen LogP contribution in [0.2, 0.25) is 0 Å². The first-order chi connectivity index (χ1) is 12.8. The number of H-pyrrole nitrogens is 1. The Morgan fingerprint density at radius 3 is 2.81 bits per heavy atom. The van der Waals surface area contributed by atoms with Crippen LogP contribution in [0.25, 0.3) is 11.5 Å². The molecule has 3 aromatic rings. The molecule has 8 nitrogen and oxygen atoms in total. The first-order valence-electron chi connectivity index (χ1n) is 8.55. The molecule has 1 aliphatic heterocycles. The van der Waals surface area contributed by atoms with Crippen molar-refractivity contribution in [3.63, 3.8) is 0 Å². The van der Waals surface area contributed by atoms with Crippen molar-refractivity contribution in [2.75, 3.05) is 31.2 Å². The Labute approximate surface area is 151 Å². The monoisotopic (exact) mass is 352 g/mol. The Morgan fingerprint density at radius 1 is 1.19 bits per heavy atom. The second-order valence-corrected chi connectivity index (χ2v) is 6.02. The summed E-state index contributed by atoms with van der Waals surface area (Å²) >= 11 is 0. The molecule has 0 atom stereocenters. The van der Waals surface area contributed by atoms with E-state index in [0.29, 0.717) is 31.5 Å². The number of anilines is 1. The van der Waals surface area contributed by atoms with Crippen LogP contribution in [-0.2, 0) is 11.3 Å². The zero-order chi connectivity index (χ0) is 17.8. The first kappa shape index (κ1) is 16.5. The number of nitrogens with zero attached hydrogens (tertiary/aromatic N) is 5. The summed E-state index contributed by atoms with van der Waals surface area (Å²) in [5.41, 5.74) is 2.40. The normalized spacial score (nSPS) is 14.4. The number of pyridine rings is 1. The minimum atomic E-state index is 0.321. The van der Waals surface area contributed by atoms with E-state index in [1.807, 2.05) is 37.3 Å². The minimum absolute atomic E-state index is 0.321. The van der Waals surface area contributed by atoms with Gasteiger partial charge in [-0.2, -0.15) is 5.10 Å². The third kappa shape index (κ3) is 3.80. The fourth-order valence-electron chi connectivity index (χ4n) is 2.74. The number of ether oxygens (including phenoxy) is 2. The van der Waals surface area contributed by atoms with Gasteiger partial charge in [0, 0.05) is 31.4 Å². The van der Waals surface area contributed by atoms with Crippen LogP contribution in [0.5, 0.6) is 5.88 Å². The van der Waals surface area contributed by atoms with Crippen molar-refractivity contribution in [3.8, 4) is 17.4 Å². The van der Waals surface area contributed by atoms with Crippen LogP contribution in [0.15, 0.2) is 36.5 Å². The summed E-state index contributed by atoms with van der Waals surface area (Å²) in [6.45, 7) is 5.23. The van der Waals surface area contributed by atoms with Gasteiger partial charge in [-0.15, -0.1) is 0 Å². The molecule has 4 heterocycles. The Balaban J connectivity index is 1.63. The predicted octanol–water partition coefficient (Wildman–Crippen LogP) is 1.99. The Hall–Kier alpha value is -3.00. The quantitative estimate of drug-likeness (QED) is 0.751. The Morgan fingerprint density at radius 2 is 2.08 bits per heavy atom. The van der Waals surface area contributed by atoms with E-state index in [2.05, 4.69) is 25.1 Å². The summed E-state index contributed by atoms with van der Waals surface area (Å²) in [4.78, 5) is 15.9. The van der Waals surface area contributed by atoms with Gasteiger partial charge < -0.3 is 14.4 Å². The van der Waals surface area contributed by atoms with Gasteiger partial charge in [0.05, 0.1) is 24.6 Å². The lowest BCUT2D eigenvalue weighted by atomic mass is 10.3. The number of aromatic amines is 1. The molecule has 0 amide bonds. The maximum absolute atomic E-state index is 5.77. The highest BCUT2D eigenvalue weighted by Crippen LogP contribution is 2.20. The summed E-state index contributed by atoms with van der Waals surface area (Å²) in [6, 6.07) is 9.52. The van der Waals surface area contributed by atoms with Gasteiger partial charge in [-0.25, -0.2) is 15.1 Å². The van der Waals surface area contributed by atoms with Crippen LogP contribution in [0.4, 0.5) is 5.82 Å². The average molecular weight is 352 g/mol.